The summed E-state index contributed by atoms with van der Waals surface area (Å²) in [5.41, 5.74) is 5.02. The third-order valence-corrected chi connectivity index (χ3v) is 7.75. The second kappa shape index (κ2) is 14.1. The van der Waals surface area contributed by atoms with Crippen LogP contribution < -0.4 is 9.80 Å². The van der Waals surface area contributed by atoms with Gasteiger partial charge in [0.15, 0.2) is 0 Å². The lowest BCUT2D eigenvalue weighted by atomic mass is 9.45. The Labute approximate surface area is 210 Å². The standard InChI is InChI=1S/C16H23NOS.C12H15BN2/c1-2-3-4-5-6-11-19-15-7-8-16-14(12-15)9-10-17(16)13-18;1-11-3-2-4-12(9-11)15-7-5-13(10-14)6-8-15/h7-8,12-13H,2-6,9-11H2,1H3;2-4,9H,5-8H2,1H3. The van der Waals surface area contributed by atoms with Crippen molar-refractivity contribution in [3.63, 3.8) is 0 Å². The van der Waals surface area contributed by atoms with Crippen LogP contribution in [0.4, 0.5) is 11.4 Å². The van der Waals surface area contributed by atoms with Crippen LogP contribution in [0.15, 0.2) is 47.4 Å². The van der Waals surface area contributed by atoms with E-state index in [0.717, 1.165) is 50.8 Å². The van der Waals surface area contributed by atoms with Gasteiger partial charge < -0.3 is 9.80 Å². The summed E-state index contributed by atoms with van der Waals surface area (Å²) < 4.78 is 0. The van der Waals surface area contributed by atoms with Crippen LogP contribution in [0, 0.1) is 18.2 Å². The van der Waals surface area contributed by atoms with E-state index in [1.807, 2.05) is 11.8 Å². The molecule has 0 unspecified atom stereocenters. The van der Waals surface area contributed by atoms with Crippen molar-refractivity contribution in [1.82, 2.24) is 0 Å². The summed E-state index contributed by atoms with van der Waals surface area (Å²) in [5.74, 6) is 3.57. The molecule has 4 nitrogen and oxygen atoms in total. The predicted octanol–water partition coefficient (Wildman–Crippen LogP) is 6.64. The van der Waals surface area contributed by atoms with Crippen molar-refractivity contribution in [2.75, 3.05) is 35.2 Å². The number of unbranched alkanes of at least 4 members (excludes halogenated alkanes) is 4. The number of carbonyl (C=O) groups is 1. The summed E-state index contributed by atoms with van der Waals surface area (Å²) in [4.78, 5) is 16.4. The summed E-state index contributed by atoms with van der Waals surface area (Å²) in [6.45, 7) is 7.51. The molecule has 180 valence electrons. The highest BCUT2D eigenvalue weighted by atomic mass is 32.2. The zero-order valence-corrected chi connectivity index (χ0v) is 21.7. The summed E-state index contributed by atoms with van der Waals surface area (Å²) >= 11 is 1.95. The van der Waals surface area contributed by atoms with E-state index in [4.69, 9.17) is 5.26 Å². The fourth-order valence-corrected chi connectivity index (χ4v) is 5.56. The van der Waals surface area contributed by atoms with Gasteiger partial charge in [-0.25, -0.2) is 5.26 Å². The number of hydrogen-bond acceptors (Lipinski definition) is 4. The Bertz CT molecular complexity index is 953. The van der Waals surface area contributed by atoms with E-state index in [9.17, 15) is 4.79 Å². The Kier molecular flexibility index (Phi) is 10.9. The van der Waals surface area contributed by atoms with Gasteiger partial charge in [-0.3, -0.25) is 4.79 Å². The van der Waals surface area contributed by atoms with E-state index >= 15 is 0 Å². The molecule has 2 aromatic rings. The van der Waals surface area contributed by atoms with Gasteiger partial charge in [-0.05, 0) is 79.6 Å². The van der Waals surface area contributed by atoms with Crippen molar-refractivity contribution in [1.29, 1.82) is 5.26 Å². The number of nitriles is 1. The van der Waals surface area contributed by atoms with Gasteiger partial charge in [-0.15, -0.1) is 11.8 Å². The quantitative estimate of drug-likeness (QED) is 0.177. The van der Waals surface area contributed by atoms with Gasteiger partial charge in [0.05, 0.1) is 0 Å². The molecule has 0 saturated carbocycles. The Morgan fingerprint density at radius 2 is 1.85 bits per heavy atom. The molecule has 4 rings (SSSR count). The molecule has 2 aromatic carbocycles. The minimum atomic E-state index is 0.269. The molecule has 34 heavy (non-hydrogen) atoms. The molecule has 2 heterocycles. The van der Waals surface area contributed by atoms with Crippen LogP contribution in [0.25, 0.3) is 0 Å². The van der Waals surface area contributed by atoms with E-state index in [1.165, 1.54) is 59.6 Å². The molecule has 1 fully saturated rings. The fourth-order valence-electron chi connectivity index (χ4n) is 4.59. The third-order valence-electron chi connectivity index (χ3n) is 6.67. The van der Waals surface area contributed by atoms with Crippen LogP contribution in [0.3, 0.4) is 0 Å². The smallest absolute Gasteiger partial charge is 0.271 e. The maximum atomic E-state index is 10.9. The molecule has 2 aliphatic heterocycles. The van der Waals surface area contributed by atoms with E-state index in [2.05, 4.69) is 67.2 Å². The van der Waals surface area contributed by atoms with Crippen molar-refractivity contribution in [3.8, 4) is 5.97 Å². The average molecular weight is 476 g/mol. The number of fused-ring (bicyclic) bond motifs is 1. The van der Waals surface area contributed by atoms with E-state index in [0.29, 0.717) is 0 Å². The SMILES string of the molecule is CCCCCCCSc1ccc2c(c1)CCN2C=O.Cc1cccc(N2CCB(C#N)CC2)c1. The topological polar surface area (TPSA) is 47.3 Å². The van der Waals surface area contributed by atoms with Crippen molar-refractivity contribution in [3.05, 3.63) is 53.6 Å². The van der Waals surface area contributed by atoms with E-state index in [-0.39, 0.29) is 6.71 Å². The number of benzene rings is 2. The zero-order chi connectivity index (χ0) is 24.2. The van der Waals surface area contributed by atoms with Crippen LogP contribution in [0.5, 0.6) is 0 Å². The first-order valence-electron chi connectivity index (χ1n) is 12.8. The Balaban J connectivity index is 0.000000196. The minimum absolute atomic E-state index is 0.269. The lowest BCUT2D eigenvalue weighted by Crippen LogP contribution is -2.36. The molecular weight excluding hydrogens is 437 g/mol. The summed E-state index contributed by atoms with van der Waals surface area (Å²) in [6, 6.07) is 15.1. The molecule has 0 atom stereocenters. The Morgan fingerprint density at radius 3 is 2.56 bits per heavy atom. The van der Waals surface area contributed by atoms with Crippen molar-refractivity contribution in [2.24, 2.45) is 0 Å². The van der Waals surface area contributed by atoms with Crippen LogP contribution in [-0.4, -0.2) is 38.5 Å². The van der Waals surface area contributed by atoms with Crippen LogP contribution in [-0.2, 0) is 11.2 Å². The maximum absolute atomic E-state index is 10.9. The number of thioether (sulfide) groups is 1. The number of amides is 1. The summed E-state index contributed by atoms with van der Waals surface area (Å²) in [5, 5.41) is 8.82. The van der Waals surface area contributed by atoms with Gasteiger partial charge in [0, 0.05) is 41.9 Å². The molecule has 0 bridgehead atoms. The molecule has 0 N–H and O–H groups in total. The number of anilines is 2. The Hall–Kier alpha value is -2.39. The predicted molar refractivity (Wildman–Crippen MR) is 147 cm³/mol. The van der Waals surface area contributed by atoms with Gasteiger partial charge in [-0.2, -0.15) is 0 Å². The van der Waals surface area contributed by atoms with Gasteiger partial charge in [0.25, 0.3) is 6.71 Å². The van der Waals surface area contributed by atoms with Gasteiger partial charge in [-0.1, -0.05) is 44.7 Å². The molecule has 2 aliphatic rings. The first-order chi connectivity index (χ1) is 16.6. The molecule has 0 spiro atoms. The number of nitrogens with zero attached hydrogens (tertiary/aromatic N) is 3. The molecule has 0 aliphatic carbocycles. The highest BCUT2D eigenvalue weighted by Crippen LogP contribution is 2.31. The number of aryl methyl sites for hydroxylation is 1. The second-order valence-corrected chi connectivity index (χ2v) is 10.5. The number of hydrogen-bond donors (Lipinski definition) is 0. The highest BCUT2D eigenvalue weighted by Gasteiger charge is 2.22. The van der Waals surface area contributed by atoms with Crippen molar-refractivity contribution < 1.29 is 4.79 Å². The normalized spacial score (nSPS) is 14.8. The zero-order valence-electron chi connectivity index (χ0n) is 20.8. The largest absolute Gasteiger partial charge is 0.373 e. The Morgan fingerprint density at radius 1 is 1.06 bits per heavy atom. The van der Waals surface area contributed by atoms with E-state index in [1.54, 1.807) is 4.90 Å². The monoisotopic (exact) mass is 475 g/mol. The highest BCUT2D eigenvalue weighted by molar-refractivity contribution is 7.99. The maximum Gasteiger partial charge on any atom is 0.271 e. The number of carbonyl (C=O) groups excluding carboxylic acids is 1. The second-order valence-electron chi connectivity index (χ2n) is 9.33. The first-order valence-corrected chi connectivity index (χ1v) is 13.8. The first kappa shape index (κ1) is 26.2. The number of rotatable bonds is 9. The molecule has 6 heteroatoms. The van der Waals surface area contributed by atoms with Crippen molar-refractivity contribution in [2.45, 2.75) is 69.9 Å². The molecule has 1 saturated heterocycles. The summed E-state index contributed by atoms with van der Waals surface area (Å²) in [7, 11) is 0. The third kappa shape index (κ3) is 7.84. The van der Waals surface area contributed by atoms with Crippen LogP contribution in [0.1, 0.15) is 50.2 Å². The lowest BCUT2D eigenvalue weighted by Gasteiger charge is -2.30. The van der Waals surface area contributed by atoms with Crippen molar-refractivity contribution >= 4 is 36.3 Å². The van der Waals surface area contributed by atoms with E-state index < -0.39 is 0 Å². The van der Waals surface area contributed by atoms with Gasteiger partial charge >= 0.3 is 0 Å². The van der Waals surface area contributed by atoms with Gasteiger partial charge in [0.1, 0.15) is 0 Å². The lowest BCUT2D eigenvalue weighted by molar-refractivity contribution is -0.107. The van der Waals surface area contributed by atoms with Crippen LogP contribution >= 0.6 is 11.8 Å². The fraction of sp³-hybridized carbons (Fsp3) is 0.500. The molecule has 0 aromatic heterocycles. The minimum Gasteiger partial charge on any atom is -0.373 e. The molecule has 0 radical (unpaired) electrons. The molecular formula is C28H38BN3OS. The van der Waals surface area contributed by atoms with Crippen LogP contribution in [0.2, 0.25) is 12.6 Å². The van der Waals surface area contributed by atoms with Gasteiger partial charge in [0.2, 0.25) is 6.41 Å². The average Bonchev–Trinajstić information content (AvgIpc) is 3.29. The summed E-state index contributed by atoms with van der Waals surface area (Å²) in [6.07, 6.45) is 10.7. The molecule has 1 amide bonds.